The monoisotopic (exact) mass is 371 g/mol. The van der Waals surface area contributed by atoms with Crippen molar-refractivity contribution in [3.05, 3.63) is 34.5 Å². The molecule has 3 amide bonds. The lowest BCUT2D eigenvalue weighted by Crippen LogP contribution is -2.28. The van der Waals surface area contributed by atoms with Gasteiger partial charge in [-0.3, -0.25) is 15.0 Å². The van der Waals surface area contributed by atoms with E-state index in [0.717, 1.165) is 30.5 Å². The van der Waals surface area contributed by atoms with Crippen molar-refractivity contribution in [2.45, 2.75) is 45.1 Å². The van der Waals surface area contributed by atoms with Gasteiger partial charge in [-0.1, -0.05) is 0 Å². The molecule has 0 saturated carbocycles. The van der Waals surface area contributed by atoms with E-state index in [2.05, 4.69) is 20.6 Å². The Morgan fingerprint density at radius 3 is 2.92 bits per heavy atom. The van der Waals surface area contributed by atoms with Crippen LogP contribution < -0.4 is 15.5 Å². The number of nitrogens with one attached hydrogen (secondary N) is 2. The zero-order chi connectivity index (χ0) is 17.9. The van der Waals surface area contributed by atoms with Crippen LogP contribution in [-0.4, -0.2) is 28.5 Å². The average Bonchev–Trinajstić information content (AvgIpc) is 3.25. The summed E-state index contributed by atoms with van der Waals surface area (Å²) in [6.07, 6.45) is 7.55. The zero-order valence-electron chi connectivity index (χ0n) is 14.5. The van der Waals surface area contributed by atoms with E-state index >= 15 is 0 Å². The van der Waals surface area contributed by atoms with E-state index in [-0.39, 0.29) is 11.9 Å². The number of urea groups is 1. The van der Waals surface area contributed by atoms with Gasteiger partial charge in [-0.25, -0.2) is 14.8 Å². The number of hydrogen-bond donors (Lipinski definition) is 2. The maximum atomic E-state index is 12.2. The number of anilines is 2. The molecule has 0 spiro atoms. The normalized spacial score (nSPS) is 16.5. The molecule has 136 valence electrons. The third kappa shape index (κ3) is 3.70. The maximum Gasteiger partial charge on any atom is 0.321 e. The highest BCUT2D eigenvalue weighted by Crippen LogP contribution is 2.29. The first kappa shape index (κ1) is 17.0. The lowest BCUT2D eigenvalue weighted by molar-refractivity contribution is -0.117. The van der Waals surface area contributed by atoms with Gasteiger partial charge in [-0.05, 0) is 49.8 Å². The lowest BCUT2D eigenvalue weighted by Gasteiger charge is -2.15. The highest BCUT2D eigenvalue weighted by Gasteiger charge is 2.22. The van der Waals surface area contributed by atoms with Crippen LogP contribution in [0.4, 0.5) is 15.7 Å². The number of nitrogens with zero attached hydrogens (tertiary/aromatic N) is 3. The summed E-state index contributed by atoms with van der Waals surface area (Å²) in [6.45, 7) is 1.08. The first-order valence-electron chi connectivity index (χ1n) is 8.98. The highest BCUT2D eigenvalue weighted by atomic mass is 32.1. The van der Waals surface area contributed by atoms with Gasteiger partial charge >= 0.3 is 6.03 Å². The van der Waals surface area contributed by atoms with Gasteiger partial charge in [-0.2, -0.15) is 0 Å². The minimum absolute atomic E-state index is 0.105. The molecule has 7 nitrogen and oxygen atoms in total. The number of thiazole rings is 1. The summed E-state index contributed by atoms with van der Waals surface area (Å²) in [5.41, 5.74) is 2.04. The molecule has 2 aliphatic rings. The van der Waals surface area contributed by atoms with Crippen LogP contribution in [0.2, 0.25) is 0 Å². The van der Waals surface area contributed by atoms with Gasteiger partial charge in [0.25, 0.3) is 0 Å². The van der Waals surface area contributed by atoms with E-state index in [1.165, 1.54) is 17.7 Å². The van der Waals surface area contributed by atoms with Crippen molar-refractivity contribution >= 4 is 34.2 Å². The Kier molecular flexibility index (Phi) is 4.83. The average molecular weight is 371 g/mol. The molecular weight excluding hydrogens is 350 g/mol. The fourth-order valence-corrected chi connectivity index (χ4v) is 4.38. The van der Waals surface area contributed by atoms with Crippen molar-refractivity contribution < 1.29 is 9.59 Å². The van der Waals surface area contributed by atoms with E-state index in [1.54, 1.807) is 22.4 Å². The van der Waals surface area contributed by atoms with E-state index in [4.69, 9.17) is 0 Å². The Morgan fingerprint density at radius 1 is 1.23 bits per heavy atom. The van der Waals surface area contributed by atoms with E-state index in [9.17, 15) is 9.59 Å². The van der Waals surface area contributed by atoms with Crippen LogP contribution in [0.3, 0.4) is 0 Å². The molecule has 1 fully saturated rings. The number of hydrogen-bond acceptors (Lipinski definition) is 5. The summed E-state index contributed by atoms with van der Waals surface area (Å²) < 4.78 is 0. The zero-order valence-corrected chi connectivity index (χ0v) is 15.3. The third-order valence-electron chi connectivity index (χ3n) is 4.68. The van der Waals surface area contributed by atoms with Crippen molar-refractivity contribution in [3.8, 4) is 0 Å². The molecule has 0 unspecified atom stereocenters. The number of fused-ring (bicyclic) bond motifs is 1. The van der Waals surface area contributed by atoms with Crippen LogP contribution >= 0.6 is 11.3 Å². The minimum atomic E-state index is -0.272. The number of carbonyl (C=O) groups is 2. The largest absolute Gasteiger partial charge is 0.334 e. The van der Waals surface area contributed by atoms with E-state index in [1.807, 2.05) is 12.1 Å². The van der Waals surface area contributed by atoms with Gasteiger partial charge in [0.2, 0.25) is 5.91 Å². The second-order valence-corrected chi connectivity index (χ2v) is 7.66. The second-order valence-electron chi connectivity index (χ2n) is 6.57. The van der Waals surface area contributed by atoms with Crippen molar-refractivity contribution in [1.82, 2.24) is 15.3 Å². The van der Waals surface area contributed by atoms with Crippen LogP contribution in [0.25, 0.3) is 0 Å². The molecule has 0 atom stereocenters. The number of aromatic nitrogens is 2. The Hall–Kier alpha value is -2.48. The Bertz CT molecular complexity index is 811. The molecule has 2 N–H and O–H groups in total. The molecule has 4 rings (SSSR count). The predicted molar refractivity (Wildman–Crippen MR) is 100 cm³/mol. The van der Waals surface area contributed by atoms with Crippen LogP contribution in [0.15, 0.2) is 18.3 Å². The molecule has 26 heavy (non-hydrogen) atoms. The fourth-order valence-electron chi connectivity index (χ4n) is 3.34. The first-order chi connectivity index (χ1) is 12.7. The van der Waals surface area contributed by atoms with Crippen LogP contribution in [-0.2, 0) is 24.2 Å². The van der Waals surface area contributed by atoms with Gasteiger partial charge < -0.3 is 5.32 Å². The van der Waals surface area contributed by atoms with Crippen molar-refractivity contribution in [2.24, 2.45) is 0 Å². The molecule has 2 aromatic heterocycles. The topological polar surface area (TPSA) is 87.2 Å². The SMILES string of the molecule is O=C(NCc1ccnc(N2CCCC2=O)c1)Nc1nc2c(s1)CCCC2. The second kappa shape index (κ2) is 7.41. The molecule has 1 aliphatic heterocycles. The van der Waals surface area contributed by atoms with Crippen molar-refractivity contribution in [3.63, 3.8) is 0 Å². The molecule has 1 saturated heterocycles. The molecule has 0 aromatic carbocycles. The number of rotatable bonds is 4. The summed E-state index contributed by atoms with van der Waals surface area (Å²) in [4.78, 5) is 35.8. The fraction of sp³-hybridized carbons (Fsp3) is 0.444. The van der Waals surface area contributed by atoms with Crippen molar-refractivity contribution in [1.29, 1.82) is 0 Å². The van der Waals surface area contributed by atoms with E-state index < -0.39 is 0 Å². The summed E-state index contributed by atoms with van der Waals surface area (Å²) in [5.74, 6) is 0.757. The Morgan fingerprint density at radius 2 is 2.12 bits per heavy atom. The van der Waals surface area contributed by atoms with Crippen LogP contribution in [0.1, 0.15) is 41.8 Å². The van der Waals surface area contributed by atoms with E-state index in [0.29, 0.717) is 30.5 Å². The predicted octanol–water partition coefficient (Wildman–Crippen LogP) is 2.87. The standard InChI is InChI=1S/C18H21N5O2S/c24-16-6-3-9-23(16)15-10-12(7-8-19-15)11-20-17(25)22-18-21-13-4-1-2-5-14(13)26-18/h7-8,10H,1-6,9,11H2,(H2,20,21,22,25). The lowest BCUT2D eigenvalue weighted by atomic mass is 10.0. The third-order valence-corrected chi connectivity index (χ3v) is 5.75. The summed E-state index contributed by atoms with van der Waals surface area (Å²) in [6, 6.07) is 3.42. The Labute approximate surface area is 155 Å². The van der Waals surface area contributed by atoms with Gasteiger partial charge in [-0.15, -0.1) is 11.3 Å². The molecule has 0 radical (unpaired) electrons. The molecule has 1 aliphatic carbocycles. The minimum Gasteiger partial charge on any atom is -0.334 e. The molecular formula is C18H21N5O2S. The highest BCUT2D eigenvalue weighted by molar-refractivity contribution is 7.15. The molecule has 0 bridgehead atoms. The number of carbonyl (C=O) groups excluding carboxylic acids is 2. The van der Waals surface area contributed by atoms with Crippen LogP contribution in [0.5, 0.6) is 0 Å². The summed E-state index contributed by atoms with van der Waals surface area (Å²) in [5, 5.41) is 6.33. The van der Waals surface area contributed by atoms with Crippen LogP contribution in [0, 0.1) is 0 Å². The molecule has 3 heterocycles. The smallest absolute Gasteiger partial charge is 0.321 e. The molecule has 8 heteroatoms. The summed E-state index contributed by atoms with van der Waals surface area (Å²) >= 11 is 1.57. The Balaban J connectivity index is 1.34. The number of amides is 3. The number of aryl methyl sites for hydroxylation is 2. The summed E-state index contributed by atoms with van der Waals surface area (Å²) in [7, 11) is 0. The number of pyridine rings is 1. The first-order valence-corrected chi connectivity index (χ1v) is 9.79. The van der Waals surface area contributed by atoms with Gasteiger partial charge in [0.15, 0.2) is 5.13 Å². The van der Waals surface area contributed by atoms with Gasteiger partial charge in [0.05, 0.1) is 5.69 Å². The van der Waals surface area contributed by atoms with Gasteiger partial charge in [0, 0.05) is 30.6 Å². The molecule has 2 aromatic rings. The van der Waals surface area contributed by atoms with Crippen molar-refractivity contribution in [2.75, 3.05) is 16.8 Å². The quantitative estimate of drug-likeness (QED) is 0.865. The van der Waals surface area contributed by atoms with Gasteiger partial charge in [0.1, 0.15) is 5.82 Å². The maximum absolute atomic E-state index is 12.2.